The average molecular weight is 291 g/mol. The lowest BCUT2D eigenvalue weighted by Gasteiger charge is -2.35. The summed E-state index contributed by atoms with van der Waals surface area (Å²) in [4.78, 5) is 25.7. The van der Waals surface area contributed by atoms with Crippen LogP contribution in [-0.2, 0) is 4.79 Å². The second kappa shape index (κ2) is 5.72. The number of hydrogen-bond donors (Lipinski definition) is 1. The predicted molar refractivity (Wildman–Crippen MR) is 80.1 cm³/mol. The van der Waals surface area contributed by atoms with E-state index < -0.39 is 0 Å². The van der Waals surface area contributed by atoms with Crippen molar-refractivity contribution in [1.29, 1.82) is 0 Å². The summed E-state index contributed by atoms with van der Waals surface area (Å²) in [6, 6.07) is 2.06. The fraction of sp³-hybridized carbons (Fsp3) is 0.462. The van der Waals surface area contributed by atoms with E-state index in [4.69, 9.17) is 0 Å². The molecule has 106 valence electrons. The van der Waals surface area contributed by atoms with E-state index in [1.807, 2.05) is 10.3 Å². The number of aromatic nitrogens is 2. The minimum atomic E-state index is 0.163. The molecular formula is C13H17N5OS. The van der Waals surface area contributed by atoms with Crippen molar-refractivity contribution in [2.75, 3.05) is 44.7 Å². The van der Waals surface area contributed by atoms with Gasteiger partial charge in [0.25, 0.3) is 0 Å². The summed E-state index contributed by atoms with van der Waals surface area (Å²) in [5.41, 5.74) is 0. The summed E-state index contributed by atoms with van der Waals surface area (Å²) in [5.74, 6) is 1.15. The number of anilines is 1. The van der Waals surface area contributed by atoms with Crippen molar-refractivity contribution < 1.29 is 4.79 Å². The molecule has 0 aromatic carbocycles. The number of piperazine rings is 1. The van der Waals surface area contributed by atoms with Crippen molar-refractivity contribution in [1.82, 2.24) is 20.2 Å². The first-order valence-corrected chi connectivity index (χ1v) is 7.53. The van der Waals surface area contributed by atoms with Crippen molar-refractivity contribution in [2.24, 2.45) is 0 Å². The molecule has 1 saturated heterocycles. The molecule has 3 heterocycles. The molecule has 1 aliphatic heterocycles. The average Bonchev–Trinajstić information content (AvgIpc) is 2.96. The molecule has 6 nitrogen and oxygen atoms in total. The molecule has 1 aliphatic rings. The lowest BCUT2D eigenvalue weighted by molar-refractivity contribution is -0.130. The van der Waals surface area contributed by atoms with Crippen LogP contribution in [0.2, 0.25) is 0 Å². The van der Waals surface area contributed by atoms with Crippen molar-refractivity contribution in [3.8, 4) is 0 Å². The predicted octanol–water partition coefficient (Wildman–Crippen LogP) is 0.559. The van der Waals surface area contributed by atoms with Crippen LogP contribution in [0.25, 0.3) is 10.2 Å². The Balaban J connectivity index is 1.72. The third-order valence-corrected chi connectivity index (χ3v) is 4.32. The SMILES string of the molecule is CNCC(=O)N1CCN(c2ncnc3sccc23)CC1. The number of rotatable bonds is 3. The minimum absolute atomic E-state index is 0.163. The first-order chi connectivity index (χ1) is 9.79. The summed E-state index contributed by atoms with van der Waals surface area (Å²) >= 11 is 1.63. The lowest BCUT2D eigenvalue weighted by Crippen LogP contribution is -2.50. The molecule has 0 spiro atoms. The Hall–Kier alpha value is -1.73. The number of nitrogens with zero attached hydrogens (tertiary/aromatic N) is 4. The van der Waals surface area contributed by atoms with Gasteiger partial charge in [0.1, 0.15) is 17.0 Å². The number of nitrogens with one attached hydrogen (secondary N) is 1. The van der Waals surface area contributed by atoms with Crippen LogP contribution >= 0.6 is 11.3 Å². The number of carbonyl (C=O) groups excluding carboxylic acids is 1. The van der Waals surface area contributed by atoms with E-state index >= 15 is 0 Å². The van der Waals surface area contributed by atoms with Crippen LogP contribution < -0.4 is 10.2 Å². The van der Waals surface area contributed by atoms with Gasteiger partial charge in [0.2, 0.25) is 5.91 Å². The molecule has 2 aromatic heterocycles. The number of amides is 1. The quantitative estimate of drug-likeness (QED) is 0.895. The van der Waals surface area contributed by atoms with Gasteiger partial charge in [-0.15, -0.1) is 11.3 Å². The van der Waals surface area contributed by atoms with E-state index in [9.17, 15) is 4.79 Å². The highest BCUT2D eigenvalue weighted by Crippen LogP contribution is 2.27. The largest absolute Gasteiger partial charge is 0.352 e. The molecule has 0 saturated carbocycles. The van der Waals surface area contributed by atoms with Crippen molar-refractivity contribution >= 4 is 33.3 Å². The Morgan fingerprint density at radius 3 is 2.90 bits per heavy atom. The van der Waals surface area contributed by atoms with Gasteiger partial charge in [0.05, 0.1) is 11.9 Å². The molecule has 3 rings (SSSR count). The van der Waals surface area contributed by atoms with E-state index in [2.05, 4.69) is 26.3 Å². The second-order valence-electron chi connectivity index (χ2n) is 4.73. The van der Waals surface area contributed by atoms with Crippen LogP contribution in [0.3, 0.4) is 0 Å². The normalized spacial score (nSPS) is 15.8. The molecule has 0 unspecified atom stereocenters. The van der Waals surface area contributed by atoms with Gasteiger partial charge in [-0.1, -0.05) is 0 Å². The molecule has 1 fully saturated rings. The first-order valence-electron chi connectivity index (χ1n) is 6.65. The Kier molecular flexibility index (Phi) is 3.79. The molecule has 1 N–H and O–H groups in total. The molecule has 2 aromatic rings. The number of likely N-dealkylation sites (N-methyl/N-ethyl adjacent to an activating group) is 1. The van der Waals surface area contributed by atoms with Gasteiger partial charge in [0, 0.05) is 26.2 Å². The van der Waals surface area contributed by atoms with Gasteiger partial charge in [-0.05, 0) is 18.5 Å². The molecular weight excluding hydrogens is 274 g/mol. The summed E-state index contributed by atoms with van der Waals surface area (Å²) in [5, 5.41) is 6.05. The monoisotopic (exact) mass is 291 g/mol. The highest BCUT2D eigenvalue weighted by molar-refractivity contribution is 7.16. The van der Waals surface area contributed by atoms with Gasteiger partial charge in [-0.2, -0.15) is 0 Å². The Bertz CT molecular complexity index is 606. The number of carbonyl (C=O) groups is 1. The van der Waals surface area contributed by atoms with Crippen molar-refractivity contribution in [3.63, 3.8) is 0 Å². The van der Waals surface area contributed by atoms with Crippen LogP contribution in [0.1, 0.15) is 0 Å². The molecule has 7 heteroatoms. The second-order valence-corrected chi connectivity index (χ2v) is 5.63. The Labute approximate surface area is 121 Å². The van der Waals surface area contributed by atoms with E-state index in [1.54, 1.807) is 24.7 Å². The van der Waals surface area contributed by atoms with Crippen LogP contribution in [0.5, 0.6) is 0 Å². The smallest absolute Gasteiger partial charge is 0.236 e. The standard InChI is InChI=1S/C13H17N5OS/c1-14-8-11(19)17-3-5-18(6-4-17)12-10-2-7-20-13(10)16-9-15-12/h2,7,9,14H,3-6,8H2,1H3. The van der Waals surface area contributed by atoms with Gasteiger partial charge in [-0.25, -0.2) is 9.97 Å². The molecule has 0 bridgehead atoms. The number of fused-ring (bicyclic) bond motifs is 1. The van der Waals surface area contributed by atoms with Gasteiger partial charge < -0.3 is 15.1 Å². The van der Waals surface area contributed by atoms with E-state index in [-0.39, 0.29) is 5.91 Å². The van der Waals surface area contributed by atoms with E-state index in [1.165, 1.54) is 0 Å². The Morgan fingerprint density at radius 1 is 1.35 bits per heavy atom. The van der Waals surface area contributed by atoms with Crippen LogP contribution in [-0.4, -0.2) is 60.5 Å². The highest BCUT2D eigenvalue weighted by atomic mass is 32.1. The summed E-state index contributed by atoms with van der Waals surface area (Å²) in [7, 11) is 1.79. The highest BCUT2D eigenvalue weighted by Gasteiger charge is 2.22. The van der Waals surface area contributed by atoms with Gasteiger partial charge in [-0.3, -0.25) is 4.79 Å². The maximum Gasteiger partial charge on any atom is 0.236 e. The van der Waals surface area contributed by atoms with Crippen molar-refractivity contribution in [3.05, 3.63) is 17.8 Å². The van der Waals surface area contributed by atoms with E-state index in [0.29, 0.717) is 6.54 Å². The third-order valence-electron chi connectivity index (χ3n) is 3.50. The Morgan fingerprint density at radius 2 is 2.15 bits per heavy atom. The minimum Gasteiger partial charge on any atom is -0.352 e. The number of thiophene rings is 1. The first kappa shape index (κ1) is 13.3. The molecule has 0 aliphatic carbocycles. The zero-order valence-corrected chi connectivity index (χ0v) is 12.2. The van der Waals surface area contributed by atoms with Crippen LogP contribution in [0.15, 0.2) is 17.8 Å². The zero-order valence-electron chi connectivity index (χ0n) is 11.4. The summed E-state index contributed by atoms with van der Waals surface area (Å²) in [6.45, 7) is 3.53. The third kappa shape index (κ3) is 2.46. The maximum absolute atomic E-state index is 11.8. The fourth-order valence-corrected chi connectivity index (χ4v) is 3.19. The number of hydrogen-bond acceptors (Lipinski definition) is 6. The van der Waals surface area contributed by atoms with Crippen LogP contribution in [0, 0.1) is 0 Å². The summed E-state index contributed by atoms with van der Waals surface area (Å²) in [6.07, 6.45) is 1.62. The van der Waals surface area contributed by atoms with E-state index in [0.717, 1.165) is 42.2 Å². The lowest BCUT2D eigenvalue weighted by atomic mass is 10.2. The topological polar surface area (TPSA) is 61.4 Å². The van der Waals surface area contributed by atoms with Crippen LogP contribution in [0.4, 0.5) is 5.82 Å². The molecule has 1 amide bonds. The molecule has 0 radical (unpaired) electrons. The summed E-state index contributed by atoms with van der Waals surface area (Å²) < 4.78 is 0. The maximum atomic E-state index is 11.8. The van der Waals surface area contributed by atoms with Gasteiger partial charge >= 0.3 is 0 Å². The zero-order chi connectivity index (χ0) is 13.9. The fourth-order valence-electron chi connectivity index (χ4n) is 2.46. The molecule has 0 atom stereocenters. The van der Waals surface area contributed by atoms with Crippen molar-refractivity contribution in [2.45, 2.75) is 0 Å². The molecule has 20 heavy (non-hydrogen) atoms. The van der Waals surface area contributed by atoms with Gasteiger partial charge in [0.15, 0.2) is 0 Å².